The Labute approximate surface area is 95.8 Å². The normalized spacial score (nSPS) is 23.4. The summed E-state index contributed by atoms with van der Waals surface area (Å²) in [5.74, 6) is -1.01. The van der Waals surface area contributed by atoms with E-state index in [1.807, 2.05) is 13.8 Å². The molecule has 0 aromatic heterocycles. The quantitative estimate of drug-likeness (QED) is 0.696. The molecule has 16 heavy (non-hydrogen) atoms. The Morgan fingerprint density at radius 2 is 2.06 bits per heavy atom. The van der Waals surface area contributed by atoms with Crippen molar-refractivity contribution in [1.29, 1.82) is 0 Å². The molecule has 2 N–H and O–H groups in total. The maximum absolute atomic E-state index is 11.7. The first kappa shape index (κ1) is 13.4. The second kappa shape index (κ2) is 4.31. The number of nitrogens with zero attached hydrogens (tertiary/aromatic N) is 1. The van der Waals surface area contributed by atoms with Gasteiger partial charge in [-0.3, -0.25) is 4.79 Å². The minimum Gasteiger partial charge on any atom is -0.481 e. The number of aliphatic carboxylic acids is 1. The Hall–Kier alpha value is -0.660. The van der Waals surface area contributed by atoms with E-state index >= 15 is 0 Å². The monoisotopic (exact) mass is 250 g/mol. The molecule has 0 heterocycles. The van der Waals surface area contributed by atoms with Crippen molar-refractivity contribution < 1.29 is 18.3 Å². The van der Waals surface area contributed by atoms with Crippen molar-refractivity contribution in [3.05, 3.63) is 0 Å². The van der Waals surface area contributed by atoms with Crippen LogP contribution in [0, 0.1) is 5.41 Å². The number of carboxylic acid groups (broad SMARTS) is 1. The lowest BCUT2D eigenvalue weighted by Gasteiger charge is -2.17. The van der Waals surface area contributed by atoms with E-state index in [2.05, 4.69) is 4.72 Å². The average Bonchev–Trinajstić information content (AvgIpc) is 2.68. The first-order chi connectivity index (χ1) is 7.15. The summed E-state index contributed by atoms with van der Waals surface area (Å²) in [6.07, 6.45) is 0.629. The number of carboxylic acids is 1. The average molecular weight is 250 g/mol. The second-order valence-electron chi connectivity index (χ2n) is 4.83. The van der Waals surface area contributed by atoms with Crippen LogP contribution in [0.25, 0.3) is 0 Å². The molecule has 0 aromatic carbocycles. The lowest BCUT2D eigenvalue weighted by Crippen LogP contribution is -2.41. The third-order valence-electron chi connectivity index (χ3n) is 2.86. The molecule has 0 spiro atoms. The van der Waals surface area contributed by atoms with Gasteiger partial charge in [-0.15, -0.1) is 0 Å². The zero-order valence-electron chi connectivity index (χ0n) is 9.73. The molecule has 0 aromatic rings. The first-order valence-electron chi connectivity index (χ1n) is 5.10. The van der Waals surface area contributed by atoms with Gasteiger partial charge < -0.3 is 5.11 Å². The zero-order chi connectivity index (χ0) is 12.6. The number of nitrogens with one attached hydrogen (secondary N) is 1. The summed E-state index contributed by atoms with van der Waals surface area (Å²) in [7, 11) is -2.17. The Bertz CT molecular complexity index is 377. The Morgan fingerprint density at radius 1 is 1.56 bits per heavy atom. The van der Waals surface area contributed by atoms with Gasteiger partial charge in [0.25, 0.3) is 10.2 Å². The van der Waals surface area contributed by atoms with Gasteiger partial charge in [0.05, 0.1) is 6.42 Å². The smallest absolute Gasteiger partial charge is 0.304 e. The minimum absolute atomic E-state index is 0.0146. The van der Waals surface area contributed by atoms with Crippen LogP contribution in [-0.2, 0) is 15.0 Å². The third-order valence-corrected chi connectivity index (χ3v) is 4.44. The van der Waals surface area contributed by atoms with Gasteiger partial charge in [-0.2, -0.15) is 17.4 Å². The van der Waals surface area contributed by atoms with Gasteiger partial charge >= 0.3 is 5.97 Å². The van der Waals surface area contributed by atoms with Crippen LogP contribution in [-0.4, -0.2) is 43.4 Å². The molecule has 1 fully saturated rings. The van der Waals surface area contributed by atoms with Crippen LogP contribution in [0.1, 0.15) is 26.7 Å². The fraction of sp³-hybridized carbons (Fsp3) is 0.889. The highest BCUT2D eigenvalue weighted by Gasteiger charge is 2.48. The topological polar surface area (TPSA) is 86.7 Å². The zero-order valence-corrected chi connectivity index (χ0v) is 10.5. The summed E-state index contributed by atoms with van der Waals surface area (Å²) in [6.45, 7) is 3.95. The summed E-state index contributed by atoms with van der Waals surface area (Å²) < 4.78 is 27.0. The van der Waals surface area contributed by atoms with Gasteiger partial charge in [-0.1, -0.05) is 13.8 Å². The van der Waals surface area contributed by atoms with E-state index in [1.165, 1.54) is 7.05 Å². The Morgan fingerprint density at radius 3 is 2.44 bits per heavy atom. The molecule has 1 aliphatic rings. The number of hydrogen-bond acceptors (Lipinski definition) is 3. The SMILES string of the molecule is CN(CCC(=O)O)S(=O)(=O)NC1CC1(C)C. The molecule has 94 valence electrons. The van der Waals surface area contributed by atoms with Gasteiger partial charge in [0, 0.05) is 19.6 Å². The molecule has 0 bridgehead atoms. The van der Waals surface area contributed by atoms with Crippen LogP contribution < -0.4 is 4.72 Å². The molecule has 1 atom stereocenters. The molecule has 1 unspecified atom stereocenters. The summed E-state index contributed by atoms with van der Waals surface area (Å²) in [5.41, 5.74) is 0.0146. The highest BCUT2D eigenvalue weighted by Crippen LogP contribution is 2.45. The number of hydrogen-bond donors (Lipinski definition) is 2. The van der Waals surface area contributed by atoms with E-state index in [0.29, 0.717) is 0 Å². The fourth-order valence-corrected chi connectivity index (χ4v) is 2.58. The predicted molar refractivity (Wildman–Crippen MR) is 59.1 cm³/mol. The fourth-order valence-electron chi connectivity index (χ4n) is 1.31. The van der Waals surface area contributed by atoms with E-state index in [-0.39, 0.29) is 24.4 Å². The van der Waals surface area contributed by atoms with Crippen molar-refractivity contribution >= 4 is 16.2 Å². The standard InChI is InChI=1S/C9H18N2O4S/c1-9(2)6-7(9)10-16(14,15)11(3)5-4-8(12)13/h7,10H,4-6H2,1-3H3,(H,12,13). The van der Waals surface area contributed by atoms with Gasteiger partial charge in [-0.05, 0) is 11.8 Å². The summed E-state index contributed by atoms with van der Waals surface area (Å²) in [5, 5.41) is 8.46. The van der Waals surface area contributed by atoms with Crippen LogP contribution in [0.5, 0.6) is 0 Å². The Kier molecular flexibility index (Phi) is 3.61. The van der Waals surface area contributed by atoms with Gasteiger partial charge in [0.2, 0.25) is 0 Å². The molecule has 0 aliphatic heterocycles. The molecule has 0 radical (unpaired) electrons. The van der Waals surface area contributed by atoms with Crippen molar-refractivity contribution in [2.45, 2.75) is 32.7 Å². The summed E-state index contributed by atoms with van der Waals surface area (Å²) in [4.78, 5) is 10.3. The van der Waals surface area contributed by atoms with Crippen molar-refractivity contribution in [2.24, 2.45) is 5.41 Å². The van der Waals surface area contributed by atoms with Crippen LogP contribution in [0.4, 0.5) is 0 Å². The molecule has 1 aliphatic carbocycles. The maximum atomic E-state index is 11.7. The van der Waals surface area contributed by atoms with E-state index in [4.69, 9.17) is 5.11 Å². The first-order valence-corrected chi connectivity index (χ1v) is 6.54. The predicted octanol–water partition coefficient (Wildman–Crippen LogP) is 0.0258. The van der Waals surface area contributed by atoms with Gasteiger partial charge in [-0.25, -0.2) is 0 Å². The summed E-state index contributed by atoms with van der Waals surface area (Å²) >= 11 is 0. The molecule has 0 saturated heterocycles. The highest BCUT2D eigenvalue weighted by atomic mass is 32.2. The largest absolute Gasteiger partial charge is 0.481 e. The lowest BCUT2D eigenvalue weighted by atomic mass is 10.2. The molecule has 1 saturated carbocycles. The minimum atomic E-state index is -3.54. The van der Waals surface area contributed by atoms with Crippen molar-refractivity contribution in [1.82, 2.24) is 9.03 Å². The van der Waals surface area contributed by atoms with Gasteiger partial charge in [0.15, 0.2) is 0 Å². The van der Waals surface area contributed by atoms with Crippen molar-refractivity contribution in [3.8, 4) is 0 Å². The molecule has 0 amide bonds. The third kappa shape index (κ3) is 3.43. The molecule has 6 nitrogen and oxygen atoms in total. The number of carbonyl (C=O) groups is 1. The van der Waals surface area contributed by atoms with Crippen LogP contribution in [0.2, 0.25) is 0 Å². The lowest BCUT2D eigenvalue weighted by molar-refractivity contribution is -0.137. The Balaban J connectivity index is 2.47. The molecule has 1 rings (SSSR count). The van der Waals surface area contributed by atoms with Crippen LogP contribution in [0.15, 0.2) is 0 Å². The molecule has 7 heteroatoms. The van der Waals surface area contributed by atoms with Crippen molar-refractivity contribution in [3.63, 3.8) is 0 Å². The molecular weight excluding hydrogens is 232 g/mol. The van der Waals surface area contributed by atoms with Crippen LogP contribution in [0.3, 0.4) is 0 Å². The van der Waals surface area contributed by atoms with E-state index in [0.717, 1.165) is 10.7 Å². The van der Waals surface area contributed by atoms with E-state index < -0.39 is 16.2 Å². The van der Waals surface area contributed by atoms with Crippen LogP contribution >= 0.6 is 0 Å². The second-order valence-corrected chi connectivity index (χ2v) is 6.64. The highest BCUT2D eigenvalue weighted by molar-refractivity contribution is 7.87. The van der Waals surface area contributed by atoms with Crippen molar-refractivity contribution in [2.75, 3.05) is 13.6 Å². The number of rotatable bonds is 6. The van der Waals surface area contributed by atoms with E-state index in [1.54, 1.807) is 0 Å². The molecular formula is C9H18N2O4S. The maximum Gasteiger partial charge on any atom is 0.304 e. The summed E-state index contributed by atoms with van der Waals surface area (Å²) in [6, 6.07) is -0.0372. The van der Waals surface area contributed by atoms with E-state index in [9.17, 15) is 13.2 Å². The van der Waals surface area contributed by atoms with Gasteiger partial charge in [0.1, 0.15) is 0 Å².